The number of carbonyl (C=O) groups is 1. The lowest BCUT2D eigenvalue weighted by molar-refractivity contribution is -0.105. The molecule has 0 saturated heterocycles. The Balaban J connectivity index is 3.12. The van der Waals surface area contributed by atoms with Crippen molar-refractivity contribution in [2.24, 2.45) is 0 Å². The molecule has 4 heteroatoms. The van der Waals surface area contributed by atoms with Crippen LogP contribution in [-0.4, -0.2) is 11.4 Å². The van der Waals surface area contributed by atoms with Crippen LogP contribution in [0.15, 0.2) is 12.3 Å². The Bertz CT molecular complexity index is 342. The summed E-state index contributed by atoms with van der Waals surface area (Å²) in [4.78, 5) is 14.3. The van der Waals surface area contributed by atoms with Crippen molar-refractivity contribution in [2.45, 2.75) is 26.2 Å². The van der Waals surface area contributed by atoms with Crippen molar-refractivity contribution >= 4 is 17.9 Å². The van der Waals surface area contributed by atoms with Crippen LogP contribution in [0.1, 0.15) is 26.3 Å². The van der Waals surface area contributed by atoms with E-state index in [1.807, 2.05) is 6.07 Å². The molecule has 0 aromatic carbocycles. The van der Waals surface area contributed by atoms with Crippen LogP contribution in [0.5, 0.6) is 0 Å². The standard InChI is InChI=1S/C10H15N3O/c1-10(2,3)7-4-8(13-6-14)9(11)12-5-7/h4-6H,1-3H3,(H2,11,12)(H,13,14). The summed E-state index contributed by atoms with van der Waals surface area (Å²) in [6.45, 7) is 6.22. The predicted octanol–water partition coefficient (Wildman–Crippen LogP) is 1.53. The molecule has 0 saturated carbocycles. The topological polar surface area (TPSA) is 68.0 Å². The zero-order valence-corrected chi connectivity index (χ0v) is 8.66. The largest absolute Gasteiger partial charge is 0.382 e. The van der Waals surface area contributed by atoms with Gasteiger partial charge in [-0.15, -0.1) is 0 Å². The van der Waals surface area contributed by atoms with E-state index < -0.39 is 0 Å². The number of nitrogens with one attached hydrogen (secondary N) is 1. The summed E-state index contributed by atoms with van der Waals surface area (Å²) >= 11 is 0. The lowest BCUT2D eigenvalue weighted by Crippen LogP contribution is -2.13. The number of anilines is 2. The van der Waals surface area contributed by atoms with Crippen LogP contribution in [0.4, 0.5) is 11.5 Å². The van der Waals surface area contributed by atoms with E-state index in [0.717, 1.165) is 5.56 Å². The molecule has 0 aliphatic carbocycles. The van der Waals surface area contributed by atoms with Gasteiger partial charge >= 0.3 is 0 Å². The third-order valence-electron chi connectivity index (χ3n) is 2.00. The van der Waals surface area contributed by atoms with Crippen molar-refractivity contribution in [1.29, 1.82) is 0 Å². The highest BCUT2D eigenvalue weighted by Gasteiger charge is 2.15. The SMILES string of the molecule is CC(C)(C)c1cnc(N)c(NC=O)c1. The molecule has 76 valence electrons. The van der Waals surface area contributed by atoms with Crippen molar-refractivity contribution in [2.75, 3.05) is 11.1 Å². The quantitative estimate of drug-likeness (QED) is 0.700. The van der Waals surface area contributed by atoms with Gasteiger partial charge in [-0.05, 0) is 17.0 Å². The summed E-state index contributed by atoms with van der Waals surface area (Å²) in [6.07, 6.45) is 2.32. The van der Waals surface area contributed by atoms with Crippen LogP contribution in [0.2, 0.25) is 0 Å². The molecule has 0 spiro atoms. The Hall–Kier alpha value is -1.58. The molecule has 3 N–H and O–H groups in total. The zero-order valence-electron chi connectivity index (χ0n) is 8.66. The van der Waals surface area contributed by atoms with Crippen LogP contribution in [0.3, 0.4) is 0 Å². The van der Waals surface area contributed by atoms with Crippen molar-refractivity contribution in [3.8, 4) is 0 Å². The van der Waals surface area contributed by atoms with Gasteiger partial charge in [0.15, 0.2) is 0 Å². The number of hydrogen-bond donors (Lipinski definition) is 2. The maximum atomic E-state index is 10.3. The van der Waals surface area contributed by atoms with E-state index in [0.29, 0.717) is 17.9 Å². The first-order valence-electron chi connectivity index (χ1n) is 4.41. The summed E-state index contributed by atoms with van der Waals surface area (Å²) in [6, 6.07) is 1.84. The van der Waals surface area contributed by atoms with E-state index in [-0.39, 0.29) is 5.41 Å². The molecule has 1 aromatic heterocycles. The van der Waals surface area contributed by atoms with Gasteiger partial charge in [-0.25, -0.2) is 4.98 Å². The molecule has 0 radical (unpaired) electrons. The van der Waals surface area contributed by atoms with Gasteiger partial charge in [0.2, 0.25) is 6.41 Å². The molecule has 4 nitrogen and oxygen atoms in total. The van der Waals surface area contributed by atoms with Gasteiger partial charge in [-0.1, -0.05) is 20.8 Å². The number of nitrogen functional groups attached to an aromatic ring is 1. The average Bonchev–Trinajstić information content (AvgIpc) is 2.07. The van der Waals surface area contributed by atoms with Gasteiger partial charge in [0.25, 0.3) is 0 Å². The molecular weight excluding hydrogens is 178 g/mol. The third kappa shape index (κ3) is 2.22. The Morgan fingerprint density at radius 1 is 1.50 bits per heavy atom. The van der Waals surface area contributed by atoms with E-state index in [1.165, 1.54) is 0 Å². The van der Waals surface area contributed by atoms with Crippen molar-refractivity contribution in [1.82, 2.24) is 4.98 Å². The number of amides is 1. The number of hydrogen-bond acceptors (Lipinski definition) is 3. The summed E-state index contributed by atoms with van der Waals surface area (Å²) < 4.78 is 0. The number of nitrogens with zero attached hydrogens (tertiary/aromatic N) is 1. The van der Waals surface area contributed by atoms with Crippen LogP contribution in [0, 0.1) is 0 Å². The number of pyridine rings is 1. The van der Waals surface area contributed by atoms with Crippen LogP contribution in [0.25, 0.3) is 0 Å². The minimum absolute atomic E-state index is 0.0000142. The zero-order chi connectivity index (χ0) is 10.8. The highest BCUT2D eigenvalue weighted by Crippen LogP contribution is 2.26. The molecular formula is C10H15N3O. The molecule has 1 heterocycles. The van der Waals surface area contributed by atoms with Crippen LogP contribution >= 0.6 is 0 Å². The van der Waals surface area contributed by atoms with Crippen molar-refractivity contribution < 1.29 is 4.79 Å². The van der Waals surface area contributed by atoms with Gasteiger partial charge in [0.1, 0.15) is 5.82 Å². The smallest absolute Gasteiger partial charge is 0.211 e. The molecule has 1 amide bonds. The Morgan fingerprint density at radius 3 is 2.64 bits per heavy atom. The van der Waals surface area contributed by atoms with E-state index in [4.69, 9.17) is 5.73 Å². The Kier molecular flexibility index (Phi) is 2.74. The number of aromatic nitrogens is 1. The lowest BCUT2D eigenvalue weighted by Gasteiger charge is -2.19. The highest BCUT2D eigenvalue weighted by molar-refractivity contribution is 5.78. The molecule has 14 heavy (non-hydrogen) atoms. The second kappa shape index (κ2) is 3.65. The van der Waals surface area contributed by atoms with E-state index in [1.54, 1.807) is 6.20 Å². The fraction of sp³-hybridized carbons (Fsp3) is 0.400. The summed E-state index contributed by atoms with van der Waals surface area (Å²) in [5.74, 6) is 0.338. The fourth-order valence-electron chi connectivity index (χ4n) is 1.06. The summed E-state index contributed by atoms with van der Waals surface area (Å²) in [5, 5.41) is 2.52. The molecule has 0 atom stereocenters. The van der Waals surface area contributed by atoms with Gasteiger partial charge in [0, 0.05) is 6.20 Å². The average molecular weight is 193 g/mol. The molecule has 1 rings (SSSR count). The fourth-order valence-corrected chi connectivity index (χ4v) is 1.06. The monoisotopic (exact) mass is 193 g/mol. The third-order valence-corrected chi connectivity index (χ3v) is 2.00. The molecule has 0 unspecified atom stereocenters. The van der Waals surface area contributed by atoms with Crippen LogP contribution < -0.4 is 11.1 Å². The number of nitrogens with two attached hydrogens (primary N) is 1. The first-order valence-corrected chi connectivity index (χ1v) is 4.41. The number of carbonyl (C=O) groups excluding carboxylic acids is 1. The van der Waals surface area contributed by atoms with E-state index in [2.05, 4.69) is 31.1 Å². The molecule has 0 fully saturated rings. The lowest BCUT2D eigenvalue weighted by atomic mass is 9.88. The second-order valence-corrected chi connectivity index (χ2v) is 4.17. The normalized spacial score (nSPS) is 11.1. The molecule has 1 aromatic rings. The van der Waals surface area contributed by atoms with Crippen molar-refractivity contribution in [3.63, 3.8) is 0 Å². The highest BCUT2D eigenvalue weighted by atomic mass is 16.1. The Morgan fingerprint density at radius 2 is 2.14 bits per heavy atom. The maximum Gasteiger partial charge on any atom is 0.211 e. The number of rotatable bonds is 2. The summed E-state index contributed by atoms with van der Waals surface area (Å²) in [7, 11) is 0. The predicted molar refractivity (Wildman–Crippen MR) is 57.0 cm³/mol. The molecule has 0 aliphatic rings. The minimum Gasteiger partial charge on any atom is -0.382 e. The van der Waals surface area contributed by atoms with Gasteiger partial charge in [-0.2, -0.15) is 0 Å². The van der Waals surface area contributed by atoms with Crippen LogP contribution in [-0.2, 0) is 10.2 Å². The first kappa shape index (κ1) is 10.5. The molecule has 0 bridgehead atoms. The Labute approximate surface area is 83.5 Å². The minimum atomic E-state index is 0.0000142. The van der Waals surface area contributed by atoms with E-state index in [9.17, 15) is 4.79 Å². The van der Waals surface area contributed by atoms with Gasteiger partial charge in [-0.3, -0.25) is 4.79 Å². The van der Waals surface area contributed by atoms with Gasteiger partial charge < -0.3 is 11.1 Å². The maximum absolute atomic E-state index is 10.3. The first-order chi connectivity index (χ1) is 6.45. The summed E-state index contributed by atoms with van der Waals surface area (Å²) in [5.41, 5.74) is 7.19. The van der Waals surface area contributed by atoms with E-state index >= 15 is 0 Å². The van der Waals surface area contributed by atoms with Gasteiger partial charge in [0.05, 0.1) is 5.69 Å². The molecule has 0 aliphatic heterocycles. The van der Waals surface area contributed by atoms with Crippen molar-refractivity contribution in [3.05, 3.63) is 17.8 Å². The second-order valence-electron chi connectivity index (χ2n) is 4.17.